The van der Waals surface area contributed by atoms with Crippen molar-refractivity contribution in [3.63, 3.8) is 0 Å². The molecular weight excluding hydrogens is 509 g/mol. The van der Waals surface area contributed by atoms with Gasteiger partial charge in [0.1, 0.15) is 22.3 Å². The normalized spacial score (nSPS) is 11.8. The number of sulfonamides is 2. The molecule has 0 saturated carbocycles. The van der Waals surface area contributed by atoms with Crippen LogP contribution in [0.25, 0.3) is 0 Å². The maximum atomic E-state index is 13.5. The number of hydrogen-bond donors (Lipinski definition) is 2. The van der Waals surface area contributed by atoms with Crippen LogP contribution in [0.5, 0.6) is 5.75 Å². The highest BCUT2D eigenvalue weighted by Gasteiger charge is 2.25. The fourth-order valence-corrected chi connectivity index (χ4v) is 5.47. The van der Waals surface area contributed by atoms with E-state index in [9.17, 15) is 25.6 Å². The zero-order valence-corrected chi connectivity index (χ0v) is 19.2. The molecule has 0 amide bonds. The van der Waals surface area contributed by atoms with Crippen LogP contribution in [0.1, 0.15) is 0 Å². The molecule has 13 heteroatoms. The maximum absolute atomic E-state index is 13.5. The van der Waals surface area contributed by atoms with Crippen LogP contribution in [0.4, 0.5) is 20.2 Å². The van der Waals surface area contributed by atoms with Crippen molar-refractivity contribution in [1.82, 2.24) is 0 Å². The van der Waals surface area contributed by atoms with Gasteiger partial charge in [-0.15, -0.1) is 0 Å². The average molecular weight is 523 g/mol. The van der Waals surface area contributed by atoms with Gasteiger partial charge in [-0.1, -0.05) is 23.2 Å². The molecule has 0 spiro atoms. The maximum Gasteiger partial charge on any atom is 0.265 e. The summed E-state index contributed by atoms with van der Waals surface area (Å²) >= 11 is 11.8. The molecule has 0 heterocycles. The highest BCUT2D eigenvalue weighted by atomic mass is 35.5. The number of halogens is 4. The third-order valence-corrected chi connectivity index (χ3v) is 7.49. The van der Waals surface area contributed by atoms with Crippen molar-refractivity contribution in [1.29, 1.82) is 0 Å². The summed E-state index contributed by atoms with van der Waals surface area (Å²) in [6.45, 7) is 0. The molecule has 32 heavy (non-hydrogen) atoms. The molecule has 3 aromatic rings. The van der Waals surface area contributed by atoms with Gasteiger partial charge in [0.15, 0.2) is 0 Å². The molecule has 0 atom stereocenters. The number of hydrogen-bond acceptors (Lipinski definition) is 5. The van der Waals surface area contributed by atoms with E-state index in [2.05, 4.69) is 9.44 Å². The smallest absolute Gasteiger partial charge is 0.265 e. The van der Waals surface area contributed by atoms with E-state index >= 15 is 0 Å². The molecule has 0 aliphatic rings. The average Bonchev–Trinajstić information content (AvgIpc) is 2.72. The van der Waals surface area contributed by atoms with E-state index in [0.717, 1.165) is 54.6 Å². The molecular formula is C19H14Cl2F2N2O5S2. The number of methoxy groups -OCH3 is 1. The van der Waals surface area contributed by atoms with E-state index in [1.54, 1.807) is 0 Å². The lowest BCUT2D eigenvalue weighted by Crippen LogP contribution is -2.17. The molecule has 0 saturated heterocycles. The first-order valence-electron chi connectivity index (χ1n) is 8.57. The Morgan fingerprint density at radius 1 is 0.750 bits per heavy atom. The molecule has 170 valence electrons. The van der Waals surface area contributed by atoms with Crippen LogP contribution in [-0.2, 0) is 20.0 Å². The van der Waals surface area contributed by atoms with Crippen LogP contribution in [0.2, 0.25) is 10.0 Å². The zero-order chi connectivity index (χ0) is 23.7. The Morgan fingerprint density at radius 2 is 1.25 bits per heavy atom. The predicted molar refractivity (Wildman–Crippen MR) is 117 cm³/mol. The molecule has 0 aliphatic carbocycles. The predicted octanol–water partition coefficient (Wildman–Crippen LogP) is 4.88. The monoisotopic (exact) mass is 522 g/mol. The molecule has 0 fully saturated rings. The van der Waals surface area contributed by atoms with Crippen molar-refractivity contribution >= 4 is 54.6 Å². The van der Waals surface area contributed by atoms with Crippen molar-refractivity contribution in [3.8, 4) is 5.75 Å². The van der Waals surface area contributed by atoms with Crippen molar-refractivity contribution in [2.45, 2.75) is 9.79 Å². The summed E-state index contributed by atoms with van der Waals surface area (Å²) in [4.78, 5) is -1.04. The summed E-state index contributed by atoms with van der Waals surface area (Å²) in [5.41, 5.74) is -0.497. The second-order valence-corrected chi connectivity index (χ2v) is 10.4. The second-order valence-electron chi connectivity index (χ2n) is 6.27. The Kier molecular flexibility index (Phi) is 6.84. The van der Waals surface area contributed by atoms with E-state index < -0.39 is 41.5 Å². The lowest BCUT2D eigenvalue weighted by molar-refractivity contribution is 0.402. The molecule has 3 rings (SSSR count). The first-order valence-corrected chi connectivity index (χ1v) is 12.3. The van der Waals surface area contributed by atoms with Gasteiger partial charge in [-0.25, -0.2) is 25.6 Å². The number of rotatable bonds is 7. The van der Waals surface area contributed by atoms with Crippen LogP contribution in [0, 0.1) is 11.6 Å². The second kappa shape index (κ2) is 9.10. The summed E-state index contributed by atoms with van der Waals surface area (Å²) < 4.78 is 87.6. The Balaban J connectivity index is 2.04. The topological polar surface area (TPSA) is 102 Å². The fraction of sp³-hybridized carbons (Fsp3) is 0.0526. The van der Waals surface area contributed by atoms with Gasteiger partial charge in [0, 0.05) is 0 Å². The summed E-state index contributed by atoms with van der Waals surface area (Å²) in [5.74, 6) is -1.67. The minimum absolute atomic E-state index is 0.0706. The van der Waals surface area contributed by atoms with Crippen LogP contribution in [0.15, 0.2) is 64.4 Å². The lowest BCUT2D eigenvalue weighted by Gasteiger charge is -2.15. The van der Waals surface area contributed by atoms with Gasteiger partial charge in [-0.2, -0.15) is 0 Å². The minimum Gasteiger partial charge on any atom is -0.495 e. The third-order valence-electron chi connectivity index (χ3n) is 4.08. The summed E-state index contributed by atoms with van der Waals surface area (Å²) in [5, 5.41) is -0.154. The van der Waals surface area contributed by atoms with Gasteiger partial charge in [0.05, 0.1) is 33.4 Å². The van der Waals surface area contributed by atoms with E-state index in [0.29, 0.717) is 0 Å². The number of benzene rings is 3. The van der Waals surface area contributed by atoms with Crippen molar-refractivity contribution in [2.75, 3.05) is 16.6 Å². The van der Waals surface area contributed by atoms with Crippen LogP contribution in [-0.4, -0.2) is 23.9 Å². The summed E-state index contributed by atoms with van der Waals surface area (Å²) in [6, 6.07) is 9.15. The van der Waals surface area contributed by atoms with Crippen LogP contribution < -0.4 is 14.2 Å². The molecule has 2 N–H and O–H groups in total. The quantitative estimate of drug-likeness (QED) is 0.460. The molecule has 0 unspecified atom stereocenters. The van der Waals surface area contributed by atoms with Crippen molar-refractivity contribution in [3.05, 3.63) is 76.3 Å². The molecule has 7 nitrogen and oxygen atoms in total. The molecule has 0 aliphatic heterocycles. The van der Waals surface area contributed by atoms with E-state index in [-0.39, 0.29) is 27.2 Å². The largest absolute Gasteiger partial charge is 0.495 e. The van der Waals surface area contributed by atoms with Crippen molar-refractivity contribution < 1.29 is 30.4 Å². The molecule has 0 aromatic heterocycles. The van der Waals surface area contributed by atoms with Crippen LogP contribution >= 0.6 is 23.2 Å². The van der Waals surface area contributed by atoms with E-state index in [1.165, 1.54) is 7.11 Å². The van der Waals surface area contributed by atoms with E-state index in [1.807, 2.05) is 0 Å². The molecule has 0 bridgehead atoms. The Morgan fingerprint density at radius 3 is 1.75 bits per heavy atom. The van der Waals surface area contributed by atoms with E-state index in [4.69, 9.17) is 27.9 Å². The minimum atomic E-state index is -4.47. The number of anilines is 2. The Labute approximate surface area is 193 Å². The Bertz CT molecular complexity index is 1400. The van der Waals surface area contributed by atoms with Gasteiger partial charge in [-0.05, 0) is 54.6 Å². The summed E-state index contributed by atoms with van der Waals surface area (Å²) in [6.07, 6.45) is 0. The number of ether oxygens (including phenoxy) is 1. The first kappa shape index (κ1) is 24.1. The van der Waals surface area contributed by atoms with Gasteiger partial charge >= 0.3 is 0 Å². The zero-order valence-electron chi connectivity index (χ0n) is 16.1. The fourth-order valence-electron chi connectivity index (χ4n) is 2.59. The standard InChI is InChI=1S/C19H14Cl2F2N2O5S2/c1-30-18-7-4-13(31(26,27)24-16-8-11(22)2-5-14(16)20)10-19(18)32(28,29)25-17-9-12(23)3-6-15(17)21/h2-10,24-25H,1H3. The third kappa shape index (κ3) is 5.23. The van der Waals surface area contributed by atoms with Crippen molar-refractivity contribution in [2.24, 2.45) is 0 Å². The van der Waals surface area contributed by atoms with Gasteiger partial charge in [0.2, 0.25) is 0 Å². The Hall–Kier alpha value is -2.60. The number of nitrogens with one attached hydrogen (secondary N) is 2. The highest BCUT2D eigenvalue weighted by molar-refractivity contribution is 7.93. The van der Waals surface area contributed by atoms with Gasteiger partial charge in [-0.3, -0.25) is 9.44 Å². The van der Waals surface area contributed by atoms with Crippen LogP contribution in [0.3, 0.4) is 0 Å². The van der Waals surface area contributed by atoms with Gasteiger partial charge in [0.25, 0.3) is 20.0 Å². The first-order chi connectivity index (χ1) is 14.9. The molecule has 0 radical (unpaired) electrons. The lowest BCUT2D eigenvalue weighted by atomic mass is 10.3. The SMILES string of the molecule is COc1ccc(S(=O)(=O)Nc2cc(F)ccc2Cl)cc1S(=O)(=O)Nc1cc(F)ccc1Cl. The molecule has 3 aromatic carbocycles. The van der Waals surface area contributed by atoms with Gasteiger partial charge < -0.3 is 4.74 Å². The highest BCUT2D eigenvalue weighted by Crippen LogP contribution is 2.32. The summed E-state index contributed by atoms with van der Waals surface area (Å²) in [7, 11) is -7.67.